The van der Waals surface area contributed by atoms with Gasteiger partial charge in [0.25, 0.3) is 0 Å². The summed E-state index contributed by atoms with van der Waals surface area (Å²) in [5.41, 5.74) is 0.426. The van der Waals surface area contributed by atoms with Crippen molar-refractivity contribution in [1.82, 2.24) is 0 Å². The van der Waals surface area contributed by atoms with Gasteiger partial charge < -0.3 is 14.5 Å². The molecule has 0 aliphatic carbocycles. The van der Waals surface area contributed by atoms with Gasteiger partial charge in [-0.2, -0.15) is 0 Å². The molecule has 0 heterocycles. The van der Waals surface area contributed by atoms with Crippen molar-refractivity contribution < 1.29 is 27.9 Å². The Morgan fingerprint density at radius 2 is 1.62 bits per heavy atom. The molecule has 2 N–H and O–H groups in total. The Morgan fingerprint density at radius 3 is 2.14 bits per heavy atom. The lowest BCUT2D eigenvalue weighted by Crippen LogP contribution is -2.05. The number of unbranched alkanes of at least 4 members (excludes halogenated alkanes) is 6. The van der Waals surface area contributed by atoms with Crippen LogP contribution in [0.15, 0.2) is 12.2 Å². The second-order valence-electron chi connectivity index (χ2n) is 4.78. The van der Waals surface area contributed by atoms with Crippen LogP contribution in [0.4, 0.5) is 0 Å². The molecule has 0 saturated carbocycles. The average molecular weight is 340 g/mol. The number of hydrogen-bond donors (Lipinski definition) is 2. The van der Waals surface area contributed by atoms with Crippen molar-refractivity contribution in [1.29, 1.82) is 0 Å². The van der Waals surface area contributed by atoms with Crippen molar-refractivity contribution in [3.63, 3.8) is 0 Å². The molecule has 0 amide bonds. The molecule has 0 aromatic rings. The maximum Gasteiger partial charge on any atom is 0.480 e. The molecule has 0 aliphatic rings. The van der Waals surface area contributed by atoms with E-state index in [0.29, 0.717) is 17.9 Å². The predicted molar refractivity (Wildman–Crippen MR) is 83.7 cm³/mol. The minimum atomic E-state index is -4.33. The third-order valence-corrected chi connectivity index (χ3v) is 4.26. The number of hydrogen-bond acceptors (Lipinski definition) is 5. The third kappa shape index (κ3) is 15.9. The summed E-state index contributed by atoms with van der Waals surface area (Å²) in [7, 11) is -4.33. The van der Waals surface area contributed by atoms with Crippen LogP contribution in [0.1, 0.15) is 51.9 Å². The second kappa shape index (κ2) is 12.2. The molecule has 0 spiro atoms. The Hall–Kier alpha value is -0.330. The first-order valence-corrected chi connectivity index (χ1v) is 9.46. The van der Waals surface area contributed by atoms with Crippen LogP contribution in [-0.2, 0) is 18.1 Å². The van der Waals surface area contributed by atoms with Crippen LogP contribution in [0.2, 0.25) is 0 Å². The molecule has 0 bridgehead atoms. The summed E-state index contributed by atoms with van der Waals surface area (Å²) in [5.74, 6) is 0.257. The molecular formula is C13H25O6PS. The van der Waals surface area contributed by atoms with Crippen LogP contribution in [0.3, 0.4) is 0 Å². The molecule has 0 aromatic heterocycles. The van der Waals surface area contributed by atoms with Gasteiger partial charge in [0.1, 0.15) is 0 Å². The van der Waals surface area contributed by atoms with Gasteiger partial charge in [-0.15, -0.1) is 0 Å². The molecule has 0 atom stereocenters. The van der Waals surface area contributed by atoms with Crippen LogP contribution >= 0.6 is 19.9 Å². The van der Waals surface area contributed by atoms with Gasteiger partial charge in [-0.3, -0.25) is 0 Å². The molecule has 124 valence electrons. The van der Waals surface area contributed by atoms with E-state index in [1.54, 1.807) is 6.92 Å². The van der Waals surface area contributed by atoms with E-state index in [4.69, 9.17) is 14.5 Å². The zero-order valence-electron chi connectivity index (χ0n) is 12.5. The number of esters is 1. The number of carbonyl (C=O) groups is 1. The van der Waals surface area contributed by atoms with Crippen molar-refractivity contribution in [3.05, 3.63) is 12.2 Å². The Kier molecular flexibility index (Phi) is 12.0. The zero-order chi connectivity index (χ0) is 16.1. The van der Waals surface area contributed by atoms with E-state index in [1.807, 2.05) is 0 Å². The lowest BCUT2D eigenvalue weighted by molar-refractivity contribution is -0.139. The van der Waals surface area contributed by atoms with E-state index in [0.717, 1.165) is 57.0 Å². The van der Waals surface area contributed by atoms with E-state index >= 15 is 0 Å². The molecular weight excluding hydrogens is 315 g/mol. The fourth-order valence-corrected chi connectivity index (χ4v) is 2.71. The minimum absolute atomic E-state index is 0.329. The summed E-state index contributed by atoms with van der Waals surface area (Å²) < 4.78 is 19.6. The van der Waals surface area contributed by atoms with Gasteiger partial charge in [0.05, 0.1) is 6.61 Å². The zero-order valence-corrected chi connectivity index (χ0v) is 14.2. The molecule has 0 fully saturated rings. The number of ether oxygens (including phenoxy) is 1. The van der Waals surface area contributed by atoms with Crippen LogP contribution in [-0.4, -0.2) is 28.1 Å². The largest absolute Gasteiger partial charge is 0.480 e. The van der Waals surface area contributed by atoms with Crippen molar-refractivity contribution >= 4 is 25.8 Å². The highest BCUT2D eigenvalue weighted by Gasteiger charge is 2.13. The predicted octanol–water partition coefficient (Wildman–Crippen LogP) is 3.59. The van der Waals surface area contributed by atoms with Crippen LogP contribution in [0.5, 0.6) is 0 Å². The third-order valence-electron chi connectivity index (χ3n) is 2.60. The highest BCUT2D eigenvalue weighted by atomic mass is 32.2. The molecule has 0 rings (SSSR count). The summed E-state index contributed by atoms with van der Waals surface area (Å²) in [6, 6.07) is 0. The Balaban J connectivity index is 3.18. The quantitative estimate of drug-likeness (QED) is 0.174. The van der Waals surface area contributed by atoms with Gasteiger partial charge in [0.2, 0.25) is 0 Å². The van der Waals surface area contributed by atoms with E-state index in [9.17, 15) is 9.36 Å². The fourth-order valence-electron chi connectivity index (χ4n) is 1.54. The van der Waals surface area contributed by atoms with E-state index in [1.165, 1.54) is 0 Å². The lowest BCUT2D eigenvalue weighted by atomic mass is 10.1. The van der Waals surface area contributed by atoms with Gasteiger partial charge in [-0.25, -0.2) is 13.3 Å². The molecule has 0 radical (unpaired) electrons. The lowest BCUT2D eigenvalue weighted by Gasteiger charge is -2.05. The average Bonchev–Trinajstić information content (AvgIpc) is 2.38. The summed E-state index contributed by atoms with van der Waals surface area (Å²) >= 11 is 0.821. The van der Waals surface area contributed by atoms with Gasteiger partial charge in [-0.1, -0.05) is 38.7 Å². The number of rotatable bonds is 13. The summed E-state index contributed by atoms with van der Waals surface area (Å²) in [6.07, 6.45) is 7.07. The Bertz CT molecular complexity index is 355. The highest BCUT2D eigenvalue weighted by Crippen LogP contribution is 2.41. The number of phosphoric acid groups is 1. The van der Waals surface area contributed by atoms with Crippen molar-refractivity contribution in [2.75, 3.05) is 12.4 Å². The first kappa shape index (κ1) is 20.7. The molecule has 0 aliphatic heterocycles. The first-order valence-electron chi connectivity index (χ1n) is 7.02. The van der Waals surface area contributed by atoms with Crippen LogP contribution < -0.4 is 0 Å². The summed E-state index contributed by atoms with van der Waals surface area (Å²) in [6.45, 7) is 5.59. The van der Waals surface area contributed by atoms with Gasteiger partial charge in [-0.05, 0) is 19.8 Å². The van der Waals surface area contributed by atoms with Crippen LogP contribution in [0.25, 0.3) is 0 Å². The normalized spacial score (nSPS) is 11.4. The standard InChI is InChI=1S/C13H25O6PS/c1-12(2)13(14)18-10-8-6-4-3-5-7-9-11-21-19-20(15,16)17/h1,3-11H2,2H3,(H2,15,16,17). The fraction of sp³-hybridized carbons (Fsp3) is 0.769. The van der Waals surface area contributed by atoms with Crippen molar-refractivity contribution in [3.8, 4) is 0 Å². The Morgan fingerprint density at radius 1 is 1.10 bits per heavy atom. The molecule has 0 saturated heterocycles. The topological polar surface area (TPSA) is 93.1 Å². The minimum Gasteiger partial charge on any atom is -0.462 e. The van der Waals surface area contributed by atoms with Crippen molar-refractivity contribution in [2.45, 2.75) is 51.9 Å². The maximum absolute atomic E-state index is 11.1. The second-order valence-corrected chi connectivity index (χ2v) is 7.00. The molecule has 0 aromatic carbocycles. The summed E-state index contributed by atoms with van der Waals surface area (Å²) in [4.78, 5) is 28.0. The smallest absolute Gasteiger partial charge is 0.462 e. The van der Waals surface area contributed by atoms with Crippen molar-refractivity contribution in [2.24, 2.45) is 0 Å². The molecule has 8 heteroatoms. The van der Waals surface area contributed by atoms with Gasteiger partial charge in [0.15, 0.2) is 0 Å². The molecule has 0 unspecified atom stereocenters. The summed E-state index contributed by atoms with van der Waals surface area (Å²) in [5, 5.41) is 0. The number of carbonyl (C=O) groups excluding carboxylic acids is 1. The highest BCUT2D eigenvalue weighted by molar-refractivity contribution is 7.97. The van der Waals surface area contributed by atoms with E-state index in [2.05, 4.69) is 10.5 Å². The SMILES string of the molecule is C=C(C)C(=O)OCCCCCCCCCSOP(=O)(O)O. The first-order chi connectivity index (χ1) is 9.83. The molecule has 6 nitrogen and oxygen atoms in total. The molecule has 21 heavy (non-hydrogen) atoms. The van der Waals surface area contributed by atoms with Crippen LogP contribution in [0, 0.1) is 0 Å². The van der Waals surface area contributed by atoms with Gasteiger partial charge >= 0.3 is 13.8 Å². The van der Waals surface area contributed by atoms with E-state index in [-0.39, 0.29) is 5.97 Å². The van der Waals surface area contributed by atoms with Gasteiger partial charge in [0, 0.05) is 23.4 Å². The van der Waals surface area contributed by atoms with E-state index < -0.39 is 7.82 Å². The maximum atomic E-state index is 11.1. The Labute approximate surface area is 130 Å². The monoisotopic (exact) mass is 340 g/mol.